The van der Waals surface area contributed by atoms with Crippen LogP contribution >= 0.6 is 0 Å². The Balaban J connectivity index is 1.19. The first-order valence-corrected chi connectivity index (χ1v) is 27.8. The molecule has 2 unspecified atom stereocenters. The van der Waals surface area contributed by atoms with E-state index in [1.54, 1.807) is 31.5 Å². The molecule has 1 amide bonds. The molecule has 0 N–H and O–H groups in total. The SMILES string of the molecule is COCOc1cc(-c2ncc3c(N4CC5CCC(C4)N5C(=O)OC(C)(C)C)nc(OC[C@@H](CN4CCN(Cc5ccccc5)CC4)OC)nc3c2F)c2c(C#C[Si](C(C)C)(C(C)C)C(C)C)c(F)ccc2c1. The first kappa shape index (κ1) is 52.9. The zero-order chi connectivity index (χ0) is 51.5. The van der Waals surface area contributed by atoms with Gasteiger partial charge in [-0.05, 0) is 79.4 Å². The Morgan fingerprint density at radius 1 is 0.861 bits per heavy atom. The summed E-state index contributed by atoms with van der Waals surface area (Å²) in [5, 5.41) is 1.39. The molecule has 386 valence electrons. The largest absolute Gasteiger partial charge is 0.468 e. The van der Waals surface area contributed by atoms with Gasteiger partial charge in [-0.3, -0.25) is 19.7 Å². The van der Waals surface area contributed by atoms with Crippen molar-refractivity contribution in [1.29, 1.82) is 0 Å². The number of amides is 1. The molecular weight excluding hydrogens is 933 g/mol. The zero-order valence-electron chi connectivity index (χ0n) is 44.1. The molecule has 5 aromatic rings. The molecule has 16 heteroatoms. The first-order chi connectivity index (χ1) is 34.4. The summed E-state index contributed by atoms with van der Waals surface area (Å²) in [7, 11) is 0.850. The number of piperazine rings is 2. The first-order valence-electron chi connectivity index (χ1n) is 25.6. The highest BCUT2D eigenvalue weighted by Gasteiger charge is 2.45. The van der Waals surface area contributed by atoms with Gasteiger partial charge >= 0.3 is 12.1 Å². The number of ether oxygens (including phenoxy) is 5. The van der Waals surface area contributed by atoms with E-state index in [1.165, 1.54) is 18.7 Å². The monoisotopic (exact) mass is 1010 g/mol. The summed E-state index contributed by atoms with van der Waals surface area (Å²) in [5.74, 6) is 2.93. The lowest BCUT2D eigenvalue weighted by Crippen LogP contribution is -2.57. The fraction of sp³-hybridized carbons (Fsp3) is 0.536. The lowest BCUT2D eigenvalue weighted by molar-refractivity contribution is 0.0121. The van der Waals surface area contributed by atoms with Crippen LogP contribution < -0.4 is 14.4 Å². The van der Waals surface area contributed by atoms with Crippen molar-refractivity contribution >= 4 is 41.7 Å². The third kappa shape index (κ3) is 11.4. The second kappa shape index (κ2) is 22.4. The Kier molecular flexibility index (Phi) is 16.4. The number of anilines is 1. The van der Waals surface area contributed by atoms with Crippen molar-refractivity contribution in [2.45, 2.75) is 122 Å². The minimum absolute atomic E-state index is 0.0170. The highest BCUT2D eigenvalue weighted by Crippen LogP contribution is 2.43. The highest BCUT2D eigenvalue weighted by molar-refractivity contribution is 6.90. The van der Waals surface area contributed by atoms with Crippen molar-refractivity contribution in [3.05, 3.63) is 83.6 Å². The maximum absolute atomic E-state index is 18.0. The van der Waals surface area contributed by atoms with Crippen LogP contribution in [-0.2, 0) is 20.8 Å². The number of fused-ring (bicyclic) bond motifs is 4. The van der Waals surface area contributed by atoms with Crippen molar-refractivity contribution in [3.63, 3.8) is 0 Å². The molecule has 2 aromatic heterocycles. The molecule has 3 aliphatic rings. The van der Waals surface area contributed by atoms with E-state index < -0.39 is 25.3 Å². The van der Waals surface area contributed by atoms with Gasteiger partial charge in [0.05, 0.1) is 23.0 Å². The van der Waals surface area contributed by atoms with Gasteiger partial charge in [0.1, 0.15) is 55.0 Å². The maximum atomic E-state index is 18.0. The summed E-state index contributed by atoms with van der Waals surface area (Å²) in [4.78, 5) is 36.9. The predicted molar refractivity (Wildman–Crippen MR) is 282 cm³/mol. The van der Waals surface area contributed by atoms with Crippen LogP contribution in [0.5, 0.6) is 11.8 Å². The summed E-state index contributed by atoms with van der Waals surface area (Å²) >= 11 is 0. The molecule has 3 fully saturated rings. The minimum atomic E-state index is -2.33. The lowest BCUT2D eigenvalue weighted by atomic mass is 9.95. The number of carbonyl (C=O) groups excluding carboxylic acids is 1. The standard InChI is InChI=1S/C56H73F2N7O6Si/c1-36(2)72(37(3)4,38(5)6)26-21-45-48(57)20-17-40-27-43(70-35-67-10)28-46(49(40)45)51-50(58)52-47(29-59-51)53(64-31-41-18-19-42(32-64)65(41)55(66)71-56(7,8)9)61-54(60-52)69-34-44(68-11)33-63-24-22-62(23-25-63)30-39-15-13-12-14-16-39/h12-17,20,27-29,36-38,41-42,44H,18-19,22-25,30-35H2,1-11H3/t41?,42?,44-/m1/s1. The van der Waals surface area contributed by atoms with E-state index in [0.717, 1.165) is 45.6 Å². The van der Waals surface area contributed by atoms with Gasteiger partial charge in [-0.25, -0.2) is 13.6 Å². The summed E-state index contributed by atoms with van der Waals surface area (Å²) < 4.78 is 64.0. The number of hydrogen-bond acceptors (Lipinski definition) is 12. The van der Waals surface area contributed by atoms with Crippen LogP contribution in [0.3, 0.4) is 0 Å². The van der Waals surface area contributed by atoms with Crippen LogP contribution in [0.4, 0.5) is 19.4 Å². The van der Waals surface area contributed by atoms with E-state index in [0.29, 0.717) is 69.5 Å². The third-order valence-electron chi connectivity index (χ3n) is 14.8. The molecule has 0 spiro atoms. The molecule has 0 saturated carbocycles. The number of nitrogens with zero attached hydrogens (tertiary/aromatic N) is 7. The number of pyridine rings is 1. The van der Waals surface area contributed by atoms with Crippen LogP contribution in [0, 0.1) is 23.1 Å². The Bertz CT molecular complexity index is 2740. The van der Waals surface area contributed by atoms with E-state index in [-0.39, 0.29) is 60.5 Å². The van der Waals surface area contributed by atoms with Gasteiger partial charge in [-0.2, -0.15) is 9.97 Å². The molecule has 3 aromatic carbocycles. The second-order valence-corrected chi connectivity index (χ2v) is 27.2. The van der Waals surface area contributed by atoms with E-state index >= 15 is 8.78 Å². The second-order valence-electron chi connectivity index (χ2n) is 21.6. The van der Waals surface area contributed by atoms with Crippen LogP contribution in [0.2, 0.25) is 16.6 Å². The molecule has 0 radical (unpaired) electrons. The summed E-state index contributed by atoms with van der Waals surface area (Å²) in [6, 6.07) is 16.7. The molecule has 2 bridgehead atoms. The van der Waals surface area contributed by atoms with Crippen molar-refractivity contribution in [1.82, 2.24) is 29.7 Å². The Morgan fingerprint density at radius 2 is 1.53 bits per heavy atom. The lowest BCUT2D eigenvalue weighted by Gasteiger charge is -2.42. The van der Waals surface area contributed by atoms with Crippen molar-refractivity contribution in [3.8, 4) is 34.5 Å². The number of halogens is 2. The highest BCUT2D eigenvalue weighted by atomic mass is 28.3. The Labute approximate surface area is 425 Å². The average Bonchev–Trinajstić information content (AvgIpc) is 3.61. The fourth-order valence-electron chi connectivity index (χ4n) is 11.4. The summed E-state index contributed by atoms with van der Waals surface area (Å²) in [6.07, 6.45) is 2.47. The molecule has 3 saturated heterocycles. The fourth-order valence-corrected chi connectivity index (χ4v) is 16.6. The van der Waals surface area contributed by atoms with Gasteiger partial charge < -0.3 is 28.6 Å². The van der Waals surface area contributed by atoms with Crippen LogP contribution in [0.25, 0.3) is 32.9 Å². The average molecular weight is 1010 g/mol. The van der Waals surface area contributed by atoms with Crippen LogP contribution in [-0.4, -0.2) is 141 Å². The molecule has 13 nitrogen and oxygen atoms in total. The normalized spacial score (nSPS) is 18.3. The van der Waals surface area contributed by atoms with Gasteiger partial charge in [0.2, 0.25) is 0 Å². The predicted octanol–water partition coefficient (Wildman–Crippen LogP) is 10.5. The van der Waals surface area contributed by atoms with Crippen molar-refractivity contribution in [2.75, 3.05) is 78.3 Å². The van der Waals surface area contributed by atoms with Crippen molar-refractivity contribution in [2.24, 2.45) is 0 Å². The zero-order valence-corrected chi connectivity index (χ0v) is 45.1. The van der Waals surface area contributed by atoms with E-state index in [9.17, 15) is 4.79 Å². The Hall–Kier alpha value is -5.44. The molecule has 3 atom stereocenters. The van der Waals surface area contributed by atoms with E-state index in [1.807, 2.05) is 31.7 Å². The van der Waals surface area contributed by atoms with E-state index in [2.05, 4.69) is 92.0 Å². The van der Waals surface area contributed by atoms with Crippen molar-refractivity contribution < 1.29 is 37.3 Å². The summed E-state index contributed by atoms with van der Waals surface area (Å²) in [6.45, 7) is 24.9. The number of rotatable bonds is 16. The molecular formula is C56H73F2N7O6Si. The topological polar surface area (TPSA) is 115 Å². The number of methoxy groups -OCH3 is 2. The number of benzene rings is 3. The van der Waals surface area contributed by atoms with E-state index in [4.69, 9.17) is 38.6 Å². The van der Waals surface area contributed by atoms with Crippen LogP contribution in [0.15, 0.2) is 60.8 Å². The van der Waals surface area contributed by atoms with Gasteiger partial charge in [0.25, 0.3) is 0 Å². The van der Waals surface area contributed by atoms with Gasteiger partial charge in [0, 0.05) is 83.7 Å². The third-order valence-corrected chi connectivity index (χ3v) is 21.1. The minimum Gasteiger partial charge on any atom is -0.468 e. The molecule has 72 heavy (non-hydrogen) atoms. The Morgan fingerprint density at radius 3 is 2.15 bits per heavy atom. The maximum Gasteiger partial charge on any atom is 0.410 e. The number of aromatic nitrogens is 3. The smallest absolute Gasteiger partial charge is 0.410 e. The van der Waals surface area contributed by atoms with Gasteiger partial charge in [0.15, 0.2) is 12.6 Å². The molecule has 8 rings (SSSR count). The molecule has 3 aliphatic heterocycles. The summed E-state index contributed by atoms with van der Waals surface area (Å²) in [5.41, 5.74) is 5.64. The van der Waals surface area contributed by atoms with Crippen LogP contribution in [0.1, 0.15) is 86.3 Å². The quantitative estimate of drug-likeness (QED) is 0.0533. The van der Waals surface area contributed by atoms with Gasteiger partial charge in [-0.15, -0.1) is 5.54 Å². The number of hydrogen-bond donors (Lipinski definition) is 0. The molecule has 5 heterocycles. The molecule has 0 aliphatic carbocycles. The van der Waals surface area contributed by atoms with Gasteiger partial charge in [-0.1, -0.05) is 83.9 Å². The number of carbonyl (C=O) groups is 1.